The quantitative estimate of drug-likeness (QED) is 0.580. The van der Waals surface area contributed by atoms with Gasteiger partial charge in [-0.15, -0.1) is 0 Å². The maximum absolute atomic E-state index is 13.5. The molecule has 36 heavy (non-hydrogen) atoms. The molecule has 1 heterocycles. The number of nitrogens with zero attached hydrogens (tertiary/aromatic N) is 2. The standard InChI is InChI=1S/C26H35N3O6S/c1-6-7-20-8-13-25-23(14-20)35-24(18(2)15-29(19(3)17-30)36(25,32)33)16-28(4)26(31)27-21-9-11-22(34-5)12-10-21/h6-14,18-19,24,30H,15-17H2,1-5H3,(H,27,31)/b7-6+/t18-,19+,24+/m1/s1. The third-order valence-corrected chi connectivity index (χ3v) is 8.21. The Morgan fingerprint density at radius 3 is 2.61 bits per heavy atom. The molecule has 2 N–H and O–H groups in total. The summed E-state index contributed by atoms with van der Waals surface area (Å²) in [6.07, 6.45) is 3.22. The van der Waals surface area contributed by atoms with E-state index in [9.17, 15) is 18.3 Å². The van der Waals surface area contributed by atoms with Gasteiger partial charge in [0, 0.05) is 31.2 Å². The number of sulfonamides is 1. The minimum Gasteiger partial charge on any atom is -0.497 e. The lowest BCUT2D eigenvalue weighted by molar-refractivity contribution is 0.0830. The normalized spacial score (nSPS) is 20.5. The summed E-state index contributed by atoms with van der Waals surface area (Å²) >= 11 is 0. The van der Waals surface area contributed by atoms with Gasteiger partial charge in [0.1, 0.15) is 22.5 Å². The van der Waals surface area contributed by atoms with Gasteiger partial charge in [-0.2, -0.15) is 4.31 Å². The van der Waals surface area contributed by atoms with E-state index in [0.29, 0.717) is 11.4 Å². The first-order valence-electron chi connectivity index (χ1n) is 11.8. The van der Waals surface area contributed by atoms with E-state index in [-0.39, 0.29) is 42.3 Å². The van der Waals surface area contributed by atoms with E-state index in [1.165, 1.54) is 15.3 Å². The number of anilines is 1. The fraction of sp³-hybridized carbons (Fsp3) is 0.423. The van der Waals surface area contributed by atoms with Crippen molar-refractivity contribution < 1.29 is 27.8 Å². The number of likely N-dealkylation sites (N-methyl/N-ethyl adjacent to an activating group) is 1. The molecule has 0 bridgehead atoms. The molecule has 0 aromatic heterocycles. The van der Waals surface area contributed by atoms with Crippen molar-refractivity contribution in [1.29, 1.82) is 0 Å². The minimum atomic E-state index is -3.91. The van der Waals surface area contributed by atoms with Crippen molar-refractivity contribution in [3.8, 4) is 11.5 Å². The van der Waals surface area contributed by atoms with E-state index in [1.807, 2.05) is 26.0 Å². The van der Waals surface area contributed by atoms with Crippen LogP contribution in [-0.2, 0) is 10.0 Å². The van der Waals surface area contributed by atoms with E-state index >= 15 is 0 Å². The van der Waals surface area contributed by atoms with Crippen LogP contribution >= 0.6 is 0 Å². The maximum atomic E-state index is 13.5. The number of aliphatic hydroxyl groups is 1. The lowest BCUT2D eigenvalue weighted by Crippen LogP contribution is -2.50. The number of carbonyl (C=O) groups is 1. The molecule has 0 aliphatic carbocycles. The van der Waals surface area contributed by atoms with Crippen LogP contribution in [0.25, 0.3) is 6.08 Å². The number of aliphatic hydroxyl groups excluding tert-OH is 1. The van der Waals surface area contributed by atoms with Crippen LogP contribution < -0.4 is 14.8 Å². The van der Waals surface area contributed by atoms with E-state index in [0.717, 1.165) is 5.56 Å². The van der Waals surface area contributed by atoms with E-state index < -0.39 is 22.2 Å². The first-order valence-corrected chi connectivity index (χ1v) is 13.3. The lowest BCUT2D eigenvalue weighted by atomic mass is 10.0. The Morgan fingerprint density at radius 1 is 1.31 bits per heavy atom. The molecule has 0 spiro atoms. The van der Waals surface area contributed by atoms with Crippen molar-refractivity contribution >= 4 is 27.8 Å². The highest BCUT2D eigenvalue weighted by Gasteiger charge is 2.38. The Labute approximate surface area is 213 Å². The van der Waals surface area contributed by atoms with Crippen LogP contribution in [0.2, 0.25) is 0 Å². The van der Waals surface area contributed by atoms with E-state index in [4.69, 9.17) is 9.47 Å². The van der Waals surface area contributed by atoms with Crippen molar-refractivity contribution in [2.45, 2.75) is 37.8 Å². The molecule has 1 aliphatic rings. The molecule has 2 aromatic carbocycles. The molecule has 0 fully saturated rings. The van der Waals surface area contributed by atoms with Crippen molar-refractivity contribution in [3.05, 3.63) is 54.1 Å². The van der Waals surface area contributed by atoms with Gasteiger partial charge in [-0.25, -0.2) is 13.2 Å². The molecule has 196 valence electrons. The Kier molecular flexibility index (Phi) is 8.99. The second-order valence-corrected chi connectivity index (χ2v) is 10.8. The molecular weight excluding hydrogens is 482 g/mol. The van der Waals surface area contributed by atoms with Crippen LogP contribution in [0, 0.1) is 5.92 Å². The second-order valence-electron chi connectivity index (χ2n) is 8.99. The molecule has 3 rings (SSSR count). The van der Waals surface area contributed by atoms with Gasteiger partial charge >= 0.3 is 6.03 Å². The third kappa shape index (κ3) is 6.18. The predicted octanol–water partition coefficient (Wildman–Crippen LogP) is 3.66. The number of ether oxygens (including phenoxy) is 2. The minimum absolute atomic E-state index is 0.0401. The lowest BCUT2D eigenvalue weighted by Gasteiger charge is -2.37. The van der Waals surface area contributed by atoms with Gasteiger partial charge in [-0.05, 0) is 55.8 Å². The summed E-state index contributed by atoms with van der Waals surface area (Å²) in [6.45, 7) is 5.47. The molecule has 2 amide bonds. The van der Waals surface area contributed by atoms with Crippen LogP contribution in [-0.4, -0.2) is 74.8 Å². The number of nitrogens with one attached hydrogen (secondary N) is 1. The van der Waals surface area contributed by atoms with Crippen LogP contribution in [0.4, 0.5) is 10.5 Å². The van der Waals surface area contributed by atoms with Gasteiger partial charge in [0.05, 0.1) is 20.3 Å². The van der Waals surface area contributed by atoms with Crippen LogP contribution in [0.1, 0.15) is 26.3 Å². The summed E-state index contributed by atoms with van der Waals surface area (Å²) in [4.78, 5) is 14.4. The first kappa shape index (κ1) is 27.5. The number of rotatable bonds is 7. The zero-order chi connectivity index (χ0) is 26.5. The van der Waals surface area contributed by atoms with Gasteiger partial charge < -0.3 is 24.8 Å². The van der Waals surface area contributed by atoms with Gasteiger partial charge in [0.2, 0.25) is 10.0 Å². The van der Waals surface area contributed by atoms with E-state index in [2.05, 4.69) is 5.32 Å². The highest BCUT2D eigenvalue weighted by Crippen LogP contribution is 2.34. The highest BCUT2D eigenvalue weighted by atomic mass is 32.2. The summed E-state index contributed by atoms with van der Waals surface area (Å²) in [5, 5.41) is 12.6. The molecule has 1 aliphatic heterocycles. The average Bonchev–Trinajstić information content (AvgIpc) is 2.86. The number of methoxy groups -OCH3 is 1. The van der Waals surface area contributed by atoms with Gasteiger partial charge in [0.25, 0.3) is 0 Å². The van der Waals surface area contributed by atoms with Crippen LogP contribution in [0.5, 0.6) is 11.5 Å². The summed E-state index contributed by atoms with van der Waals surface area (Å²) in [5.41, 5.74) is 1.42. The van der Waals surface area contributed by atoms with Gasteiger partial charge in [-0.1, -0.05) is 25.1 Å². The fourth-order valence-corrected chi connectivity index (χ4v) is 5.83. The predicted molar refractivity (Wildman–Crippen MR) is 140 cm³/mol. The largest absolute Gasteiger partial charge is 0.497 e. The molecule has 0 saturated heterocycles. The number of hydrogen-bond donors (Lipinski definition) is 2. The maximum Gasteiger partial charge on any atom is 0.321 e. The van der Waals surface area contributed by atoms with Gasteiger partial charge in [-0.3, -0.25) is 0 Å². The SMILES string of the molecule is C/C=C/c1ccc2c(c1)O[C@@H](CN(C)C(=O)Nc1ccc(OC)cc1)[C@H](C)CN([C@@H](C)CO)S2(=O)=O. The summed E-state index contributed by atoms with van der Waals surface area (Å²) < 4.78 is 39.8. The molecule has 9 nitrogen and oxygen atoms in total. The molecule has 0 saturated carbocycles. The number of benzene rings is 2. The highest BCUT2D eigenvalue weighted by molar-refractivity contribution is 7.89. The first-order chi connectivity index (χ1) is 17.1. The monoisotopic (exact) mass is 517 g/mol. The van der Waals surface area contributed by atoms with Crippen molar-refractivity contribution in [1.82, 2.24) is 9.21 Å². The number of allylic oxidation sites excluding steroid dienone is 1. The smallest absolute Gasteiger partial charge is 0.321 e. The van der Waals surface area contributed by atoms with Gasteiger partial charge in [0.15, 0.2) is 0 Å². The zero-order valence-corrected chi connectivity index (χ0v) is 22.2. The Balaban J connectivity index is 1.90. The van der Waals surface area contributed by atoms with Crippen molar-refractivity contribution in [2.24, 2.45) is 5.92 Å². The Hall–Kier alpha value is -3.08. The topological polar surface area (TPSA) is 108 Å². The van der Waals surface area contributed by atoms with Crippen molar-refractivity contribution in [2.75, 3.05) is 39.2 Å². The molecule has 10 heteroatoms. The molecular formula is C26H35N3O6S. The summed E-state index contributed by atoms with van der Waals surface area (Å²) in [7, 11) is -0.676. The third-order valence-electron chi connectivity index (χ3n) is 6.19. The van der Waals surface area contributed by atoms with Crippen LogP contribution in [0.3, 0.4) is 0 Å². The number of fused-ring (bicyclic) bond motifs is 1. The summed E-state index contributed by atoms with van der Waals surface area (Å²) in [6, 6.07) is 11.0. The Morgan fingerprint density at radius 2 is 2.00 bits per heavy atom. The second kappa shape index (κ2) is 11.8. The number of amides is 2. The van der Waals surface area contributed by atoms with E-state index in [1.54, 1.807) is 57.5 Å². The average molecular weight is 518 g/mol. The molecule has 3 atom stereocenters. The Bertz CT molecular complexity index is 1180. The fourth-order valence-electron chi connectivity index (χ4n) is 4.00. The van der Waals surface area contributed by atoms with Crippen LogP contribution in [0.15, 0.2) is 53.4 Å². The number of hydrogen-bond acceptors (Lipinski definition) is 6. The molecule has 2 aromatic rings. The number of urea groups is 1. The summed E-state index contributed by atoms with van der Waals surface area (Å²) in [5.74, 6) is 0.635. The molecule has 0 unspecified atom stereocenters. The zero-order valence-electron chi connectivity index (χ0n) is 21.3. The number of carbonyl (C=O) groups excluding carboxylic acids is 1. The van der Waals surface area contributed by atoms with Crippen molar-refractivity contribution in [3.63, 3.8) is 0 Å². The molecule has 0 radical (unpaired) electrons.